The molecule has 0 bridgehead atoms. The summed E-state index contributed by atoms with van der Waals surface area (Å²) in [7, 11) is 0. The van der Waals surface area contributed by atoms with Crippen molar-refractivity contribution in [3.8, 4) is 0 Å². The molecule has 18 heavy (non-hydrogen) atoms. The summed E-state index contributed by atoms with van der Waals surface area (Å²) in [5.74, 6) is 1.05. The van der Waals surface area contributed by atoms with Gasteiger partial charge in [-0.2, -0.15) is 0 Å². The molecule has 0 radical (unpaired) electrons. The molecule has 0 unspecified atom stereocenters. The van der Waals surface area contributed by atoms with Gasteiger partial charge >= 0.3 is 0 Å². The lowest BCUT2D eigenvalue weighted by molar-refractivity contribution is 0.112. The molecule has 0 fully saturated rings. The molecule has 0 spiro atoms. The first-order chi connectivity index (χ1) is 8.78. The summed E-state index contributed by atoms with van der Waals surface area (Å²) < 4.78 is 2.16. The number of benzene rings is 1. The molecule has 0 amide bonds. The first-order valence-electron chi connectivity index (χ1n) is 6.09. The van der Waals surface area contributed by atoms with E-state index in [4.69, 9.17) is 0 Å². The SMILES string of the molecule is Cc1ccc(N2CCn3ccnc3C2)c(C=O)c1. The minimum absolute atomic E-state index is 0.759. The average molecular weight is 241 g/mol. The highest BCUT2D eigenvalue weighted by atomic mass is 16.1. The van der Waals surface area contributed by atoms with Crippen LogP contribution in [0.15, 0.2) is 30.6 Å². The first kappa shape index (κ1) is 11.0. The highest BCUT2D eigenvalue weighted by Crippen LogP contribution is 2.24. The van der Waals surface area contributed by atoms with Crippen molar-refractivity contribution in [3.05, 3.63) is 47.5 Å². The fraction of sp³-hybridized carbons (Fsp3) is 0.286. The van der Waals surface area contributed by atoms with Crippen LogP contribution in [0.2, 0.25) is 0 Å². The minimum Gasteiger partial charge on any atom is -0.362 e. The topological polar surface area (TPSA) is 38.1 Å². The van der Waals surface area contributed by atoms with Crippen molar-refractivity contribution >= 4 is 12.0 Å². The third kappa shape index (κ3) is 1.79. The molecule has 0 saturated carbocycles. The molecular weight excluding hydrogens is 226 g/mol. The summed E-state index contributed by atoms with van der Waals surface area (Å²) in [6, 6.07) is 6.00. The molecule has 0 saturated heterocycles. The predicted octanol–water partition coefficient (Wildman–Crippen LogP) is 2.02. The van der Waals surface area contributed by atoms with Crippen molar-refractivity contribution in [2.75, 3.05) is 11.4 Å². The Kier molecular flexibility index (Phi) is 2.63. The molecule has 0 N–H and O–H groups in total. The Balaban J connectivity index is 1.95. The lowest BCUT2D eigenvalue weighted by atomic mass is 10.1. The van der Waals surface area contributed by atoms with Crippen molar-refractivity contribution in [2.45, 2.75) is 20.0 Å². The number of carbonyl (C=O) groups is 1. The first-order valence-corrected chi connectivity index (χ1v) is 6.09. The molecule has 1 aromatic heterocycles. The molecule has 1 aliphatic heterocycles. The number of anilines is 1. The Bertz CT molecular complexity index is 588. The maximum absolute atomic E-state index is 11.2. The quantitative estimate of drug-likeness (QED) is 0.755. The van der Waals surface area contributed by atoms with Gasteiger partial charge in [0.15, 0.2) is 6.29 Å². The van der Waals surface area contributed by atoms with Crippen LogP contribution in [0.4, 0.5) is 5.69 Å². The van der Waals surface area contributed by atoms with Crippen LogP contribution in [-0.4, -0.2) is 22.4 Å². The van der Waals surface area contributed by atoms with Gasteiger partial charge in [0, 0.05) is 36.7 Å². The maximum Gasteiger partial charge on any atom is 0.152 e. The van der Waals surface area contributed by atoms with E-state index in [1.807, 2.05) is 37.5 Å². The average Bonchev–Trinajstić information content (AvgIpc) is 2.85. The fourth-order valence-corrected chi connectivity index (χ4v) is 2.44. The highest BCUT2D eigenvalue weighted by Gasteiger charge is 2.18. The van der Waals surface area contributed by atoms with E-state index in [2.05, 4.69) is 14.5 Å². The summed E-state index contributed by atoms with van der Waals surface area (Å²) >= 11 is 0. The monoisotopic (exact) mass is 241 g/mol. The van der Waals surface area contributed by atoms with E-state index >= 15 is 0 Å². The summed E-state index contributed by atoms with van der Waals surface area (Å²) in [6.45, 7) is 4.59. The lowest BCUT2D eigenvalue weighted by Gasteiger charge is -2.30. The number of aldehydes is 1. The van der Waals surface area contributed by atoms with Crippen molar-refractivity contribution < 1.29 is 4.79 Å². The normalized spacial score (nSPS) is 14.4. The van der Waals surface area contributed by atoms with Gasteiger partial charge < -0.3 is 9.47 Å². The largest absolute Gasteiger partial charge is 0.362 e. The summed E-state index contributed by atoms with van der Waals surface area (Å²) in [5, 5.41) is 0. The number of rotatable bonds is 2. The van der Waals surface area contributed by atoms with Crippen LogP contribution in [0.1, 0.15) is 21.7 Å². The van der Waals surface area contributed by atoms with Gasteiger partial charge in [-0.1, -0.05) is 11.6 Å². The Labute approximate surface area is 106 Å². The van der Waals surface area contributed by atoms with Crippen LogP contribution in [0, 0.1) is 6.92 Å². The van der Waals surface area contributed by atoms with E-state index in [9.17, 15) is 4.79 Å². The lowest BCUT2D eigenvalue weighted by Crippen LogP contribution is -2.34. The third-order valence-electron chi connectivity index (χ3n) is 3.40. The molecule has 3 rings (SSSR count). The number of hydrogen-bond acceptors (Lipinski definition) is 3. The van der Waals surface area contributed by atoms with Gasteiger partial charge in [0.05, 0.1) is 6.54 Å². The number of aryl methyl sites for hydroxylation is 1. The van der Waals surface area contributed by atoms with E-state index < -0.39 is 0 Å². The van der Waals surface area contributed by atoms with Crippen molar-refractivity contribution in [1.82, 2.24) is 9.55 Å². The van der Waals surface area contributed by atoms with E-state index in [0.717, 1.165) is 48.6 Å². The zero-order valence-electron chi connectivity index (χ0n) is 10.3. The van der Waals surface area contributed by atoms with Crippen LogP contribution < -0.4 is 4.90 Å². The molecule has 2 aromatic rings. The molecule has 4 heteroatoms. The van der Waals surface area contributed by atoms with Gasteiger partial charge in [0.25, 0.3) is 0 Å². The van der Waals surface area contributed by atoms with Gasteiger partial charge in [0.2, 0.25) is 0 Å². The third-order valence-corrected chi connectivity index (χ3v) is 3.40. The molecular formula is C14H15N3O. The number of nitrogens with zero attached hydrogens (tertiary/aromatic N) is 3. The summed E-state index contributed by atoms with van der Waals surface area (Å²) in [5.41, 5.74) is 2.87. The van der Waals surface area contributed by atoms with Crippen LogP contribution in [0.5, 0.6) is 0 Å². The number of carbonyl (C=O) groups excluding carboxylic acids is 1. The fourth-order valence-electron chi connectivity index (χ4n) is 2.44. The minimum atomic E-state index is 0.759. The highest BCUT2D eigenvalue weighted by molar-refractivity contribution is 5.85. The van der Waals surface area contributed by atoms with E-state index in [0.29, 0.717) is 0 Å². The predicted molar refractivity (Wildman–Crippen MR) is 69.8 cm³/mol. The van der Waals surface area contributed by atoms with Gasteiger partial charge in [-0.05, 0) is 19.1 Å². The van der Waals surface area contributed by atoms with Gasteiger partial charge in [0.1, 0.15) is 5.82 Å². The van der Waals surface area contributed by atoms with Gasteiger partial charge in [-0.3, -0.25) is 4.79 Å². The van der Waals surface area contributed by atoms with E-state index in [1.165, 1.54) is 0 Å². The van der Waals surface area contributed by atoms with Crippen molar-refractivity contribution in [3.63, 3.8) is 0 Å². The van der Waals surface area contributed by atoms with E-state index in [-0.39, 0.29) is 0 Å². The Hall–Kier alpha value is -2.10. The zero-order valence-corrected chi connectivity index (χ0v) is 10.3. The second-order valence-corrected chi connectivity index (χ2v) is 4.64. The standard InChI is InChI=1S/C14H15N3O/c1-11-2-3-13(12(8-11)10-18)17-7-6-16-5-4-15-14(16)9-17/h2-5,8,10H,6-7,9H2,1H3. The van der Waals surface area contributed by atoms with Crippen LogP contribution >= 0.6 is 0 Å². The molecule has 0 aliphatic carbocycles. The van der Waals surface area contributed by atoms with Gasteiger partial charge in [-0.25, -0.2) is 4.98 Å². The Morgan fingerprint density at radius 3 is 3.06 bits per heavy atom. The molecule has 1 aromatic carbocycles. The van der Waals surface area contributed by atoms with Crippen LogP contribution in [0.3, 0.4) is 0 Å². The van der Waals surface area contributed by atoms with Crippen LogP contribution in [-0.2, 0) is 13.1 Å². The maximum atomic E-state index is 11.2. The molecule has 0 atom stereocenters. The molecule has 2 heterocycles. The second kappa shape index (κ2) is 4.29. The number of fused-ring (bicyclic) bond motifs is 1. The molecule has 92 valence electrons. The van der Waals surface area contributed by atoms with Crippen molar-refractivity contribution in [1.29, 1.82) is 0 Å². The summed E-state index contributed by atoms with van der Waals surface area (Å²) in [4.78, 5) is 17.7. The molecule has 4 nitrogen and oxygen atoms in total. The van der Waals surface area contributed by atoms with Crippen LogP contribution in [0.25, 0.3) is 0 Å². The van der Waals surface area contributed by atoms with E-state index in [1.54, 1.807) is 0 Å². The Morgan fingerprint density at radius 2 is 2.22 bits per heavy atom. The zero-order chi connectivity index (χ0) is 12.5. The summed E-state index contributed by atoms with van der Waals surface area (Å²) in [6.07, 6.45) is 4.76. The Morgan fingerprint density at radius 1 is 1.33 bits per heavy atom. The van der Waals surface area contributed by atoms with Gasteiger partial charge in [-0.15, -0.1) is 0 Å². The van der Waals surface area contributed by atoms with Crippen molar-refractivity contribution in [2.24, 2.45) is 0 Å². The number of imidazole rings is 1. The second-order valence-electron chi connectivity index (χ2n) is 4.64. The number of aromatic nitrogens is 2. The smallest absolute Gasteiger partial charge is 0.152 e. The molecule has 1 aliphatic rings. The number of hydrogen-bond donors (Lipinski definition) is 0.